The number of ether oxygens (including phenoxy) is 2. The van der Waals surface area contributed by atoms with Crippen molar-refractivity contribution in [2.45, 2.75) is 52.6 Å². The van der Waals surface area contributed by atoms with Gasteiger partial charge in [-0.2, -0.15) is 0 Å². The minimum absolute atomic E-state index is 0.164. The number of amides is 2. The summed E-state index contributed by atoms with van der Waals surface area (Å²) in [4.78, 5) is 23.6. The highest BCUT2D eigenvalue weighted by Crippen LogP contribution is 2.16. The van der Waals surface area contributed by atoms with Gasteiger partial charge in [0, 0.05) is 18.8 Å². The number of hydrogen-bond acceptors (Lipinski definition) is 4. The van der Waals surface area contributed by atoms with Crippen molar-refractivity contribution in [3.8, 4) is 5.75 Å². The van der Waals surface area contributed by atoms with Crippen LogP contribution in [-0.4, -0.2) is 37.7 Å². The van der Waals surface area contributed by atoms with Crippen LogP contribution in [-0.2, 0) is 14.3 Å². The van der Waals surface area contributed by atoms with E-state index in [0.29, 0.717) is 31.9 Å². The molecule has 0 fully saturated rings. The molecule has 6 nitrogen and oxygen atoms in total. The molecule has 0 aromatic heterocycles. The number of rotatable bonds is 11. The van der Waals surface area contributed by atoms with Crippen molar-refractivity contribution in [1.82, 2.24) is 5.32 Å². The second-order valence-electron chi connectivity index (χ2n) is 6.06. The molecular formula is C19H30N2O4. The van der Waals surface area contributed by atoms with Gasteiger partial charge in [-0.1, -0.05) is 19.8 Å². The monoisotopic (exact) mass is 350 g/mol. The Morgan fingerprint density at radius 1 is 1.00 bits per heavy atom. The van der Waals surface area contributed by atoms with E-state index in [1.54, 1.807) is 24.3 Å². The lowest BCUT2D eigenvalue weighted by Crippen LogP contribution is -2.36. The number of carbonyl (C=O) groups is 2. The number of hydrogen-bond donors (Lipinski definition) is 2. The fourth-order valence-corrected chi connectivity index (χ4v) is 2.04. The van der Waals surface area contributed by atoms with Crippen LogP contribution in [0.2, 0.25) is 0 Å². The maximum absolute atomic E-state index is 11.8. The highest BCUT2D eigenvalue weighted by Gasteiger charge is 2.12. The summed E-state index contributed by atoms with van der Waals surface area (Å²) in [5, 5.41) is 5.14. The average molecular weight is 350 g/mol. The Kier molecular flexibility index (Phi) is 10.3. The second-order valence-corrected chi connectivity index (χ2v) is 6.06. The first-order valence-electron chi connectivity index (χ1n) is 8.96. The van der Waals surface area contributed by atoms with Crippen molar-refractivity contribution in [2.75, 3.05) is 25.1 Å². The first-order chi connectivity index (χ1) is 12.0. The van der Waals surface area contributed by atoms with Crippen LogP contribution < -0.4 is 15.4 Å². The van der Waals surface area contributed by atoms with E-state index in [0.717, 1.165) is 25.0 Å². The third kappa shape index (κ3) is 9.72. The lowest BCUT2D eigenvalue weighted by atomic mass is 10.2. The third-order valence-corrected chi connectivity index (χ3v) is 3.39. The van der Waals surface area contributed by atoms with Crippen LogP contribution in [0.25, 0.3) is 0 Å². The number of nitrogens with one attached hydrogen (secondary N) is 2. The maximum Gasteiger partial charge on any atom is 0.313 e. The van der Waals surface area contributed by atoms with Crippen molar-refractivity contribution in [2.24, 2.45) is 0 Å². The zero-order chi connectivity index (χ0) is 18.5. The Bertz CT molecular complexity index is 515. The van der Waals surface area contributed by atoms with Crippen LogP contribution in [0, 0.1) is 0 Å². The Labute approximate surface area is 150 Å². The molecule has 0 aliphatic carbocycles. The second kappa shape index (κ2) is 12.3. The summed E-state index contributed by atoms with van der Waals surface area (Å²) in [6, 6.07) is 7.00. The first-order valence-corrected chi connectivity index (χ1v) is 8.96. The van der Waals surface area contributed by atoms with Crippen molar-refractivity contribution in [3.05, 3.63) is 24.3 Å². The van der Waals surface area contributed by atoms with E-state index in [2.05, 4.69) is 17.6 Å². The molecule has 25 heavy (non-hydrogen) atoms. The van der Waals surface area contributed by atoms with Gasteiger partial charge in [0.05, 0.1) is 12.7 Å². The fraction of sp³-hybridized carbons (Fsp3) is 0.579. The van der Waals surface area contributed by atoms with E-state index in [1.807, 2.05) is 13.8 Å². The van der Waals surface area contributed by atoms with Gasteiger partial charge in [0.15, 0.2) is 0 Å². The number of carbonyl (C=O) groups excluding carboxylic acids is 2. The lowest BCUT2D eigenvalue weighted by molar-refractivity contribution is -0.136. The van der Waals surface area contributed by atoms with Gasteiger partial charge >= 0.3 is 11.8 Å². The molecule has 1 aromatic carbocycles. The highest BCUT2D eigenvalue weighted by atomic mass is 16.5. The number of benzene rings is 1. The molecule has 1 rings (SSSR count). The number of unbranched alkanes of at least 4 members (excludes halogenated alkanes) is 2. The normalized spacial score (nSPS) is 10.6. The zero-order valence-electron chi connectivity index (χ0n) is 15.5. The van der Waals surface area contributed by atoms with E-state index in [9.17, 15) is 9.59 Å². The van der Waals surface area contributed by atoms with Gasteiger partial charge in [-0.25, -0.2) is 0 Å². The van der Waals surface area contributed by atoms with Crippen molar-refractivity contribution >= 4 is 17.5 Å². The molecule has 0 spiro atoms. The highest BCUT2D eigenvalue weighted by molar-refractivity contribution is 6.39. The molecule has 0 atom stereocenters. The van der Waals surface area contributed by atoms with Gasteiger partial charge in [0.1, 0.15) is 5.75 Å². The number of anilines is 1. The summed E-state index contributed by atoms with van der Waals surface area (Å²) in [7, 11) is 0. The summed E-state index contributed by atoms with van der Waals surface area (Å²) in [5.74, 6) is -0.575. The van der Waals surface area contributed by atoms with Gasteiger partial charge in [-0.3, -0.25) is 9.59 Å². The molecule has 1 aromatic rings. The molecule has 140 valence electrons. The third-order valence-electron chi connectivity index (χ3n) is 3.39. The molecule has 0 saturated heterocycles. The predicted molar refractivity (Wildman–Crippen MR) is 98.8 cm³/mol. The Hall–Kier alpha value is -2.08. The maximum atomic E-state index is 11.8. The molecule has 0 aliphatic heterocycles. The van der Waals surface area contributed by atoms with Crippen LogP contribution in [0.4, 0.5) is 5.69 Å². The molecule has 0 heterocycles. The van der Waals surface area contributed by atoms with Crippen molar-refractivity contribution in [3.63, 3.8) is 0 Å². The zero-order valence-corrected chi connectivity index (χ0v) is 15.5. The Morgan fingerprint density at radius 3 is 2.36 bits per heavy atom. The van der Waals surface area contributed by atoms with E-state index < -0.39 is 11.8 Å². The van der Waals surface area contributed by atoms with E-state index in [-0.39, 0.29) is 6.10 Å². The molecule has 0 radical (unpaired) electrons. The summed E-state index contributed by atoms with van der Waals surface area (Å²) < 4.78 is 11.0. The van der Waals surface area contributed by atoms with Crippen LogP contribution in [0.5, 0.6) is 5.75 Å². The van der Waals surface area contributed by atoms with Gasteiger partial charge in [-0.05, 0) is 51.0 Å². The molecule has 2 amide bonds. The van der Waals surface area contributed by atoms with Crippen molar-refractivity contribution < 1.29 is 19.1 Å². The van der Waals surface area contributed by atoms with Gasteiger partial charge < -0.3 is 20.1 Å². The minimum atomic E-state index is -0.679. The minimum Gasteiger partial charge on any atom is -0.494 e. The standard InChI is InChI=1S/C19H30N2O4/c1-4-5-6-13-25-17-10-8-16(9-11-17)21-19(23)18(22)20-12-7-14-24-15(2)3/h8-11,15H,4-7,12-14H2,1-3H3,(H,20,22)(H,21,23). The summed E-state index contributed by atoms with van der Waals surface area (Å²) in [6.45, 7) is 7.69. The van der Waals surface area contributed by atoms with Gasteiger partial charge in [-0.15, -0.1) is 0 Å². The van der Waals surface area contributed by atoms with Gasteiger partial charge in [0.25, 0.3) is 0 Å². The van der Waals surface area contributed by atoms with Crippen LogP contribution in [0.1, 0.15) is 46.5 Å². The topological polar surface area (TPSA) is 76.7 Å². The summed E-state index contributed by atoms with van der Waals surface area (Å²) in [5.41, 5.74) is 0.559. The fourth-order valence-electron chi connectivity index (χ4n) is 2.04. The predicted octanol–water partition coefficient (Wildman–Crippen LogP) is 3.13. The van der Waals surface area contributed by atoms with Crippen LogP contribution >= 0.6 is 0 Å². The lowest BCUT2D eigenvalue weighted by Gasteiger charge is -2.09. The SMILES string of the molecule is CCCCCOc1ccc(NC(=O)C(=O)NCCCOC(C)C)cc1. The Morgan fingerprint density at radius 2 is 1.72 bits per heavy atom. The molecule has 0 unspecified atom stereocenters. The van der Waals surface area contributed by atoms with Gasteiger partial charge in [0.2, 0.25) is 0 Å². The van der Waals surface area contributed by atoms with Crippen LogP contribution in [0.3, 0.4) is 0 Å². The smallest absolute Gasteiger partial charge is 0.313 e. The molecule has 2 N–H and O–H groups in total. The average Bonchev–Trinajstić information content (AvgIpc) is 2.59. The van der Waals surface area contributed by atoms with E-state index in [1.165, 1.54) is 0 Å². The molecule has 6 heteroatoms. The Balaban J connectivity index is 2.27. The van der Waals surface area contributed by atoms with Crippen LogP contribution in [0.15, 0.2) is 24.3 Å². The molecule has 0 bridgehead atoms. The van der Waals surface area contributed by atoms with Crippen molar-refractivity contribution in [1.29, 1.82) is 0 Å². The molecule has 0 saturated carbocycles. The quantitative estimate of drug-likeness (QED) is 0.475. The largest absolute Gasteiger partial charge is 0.494 e. The molecule has 0 aliphatic rings. The summed E-state index contributed by atoms with van der Waals surface area (Å²) >= 11 is 0. The van der Waals surface area contributed by atoms with E-state index in [4.69, 9.17) is 9.47 Å². The first kappa shape index (κ1) is 21.0. The summed E-state index contributed by atoms with van der Waals surface area (Å²) in [6.07, 6.45) is 4.16. The van der Waals surface area contributed by atoms with E-state index >= 15 is 0 Å². The molecular weight excluding hydrogens is 320 g/mol.